The van der Waals surface area contributed by atoms with Crippen molar-refractivity contribution in [3.05, 3.63) is 35.4 Å². The number of rotatable bonds is 4. The van der Waals surface area contributed by atoms with Gasteiger partial charge >= 0.3 is 0 Å². The van der Waals surface area contributed by atoms with E-state index < -0.39 is 0 Å². The fourth-order valence-corrected chi connectivity index (χ4v) is 3.53. The van der Waals surface area contributed by atoms with E-state index in [-0.39, 0.29) is 6.04 Å². The number of nitrogens with two attached hydrogens (primary N) is 1. The maximum absolute atomic E-state index is 6.51. The second kappa shape index (κ2) is 6.93. The van der Waals surface area contributed by atoms with E-state index in [4.69, 9.17) is 5.73 Å². The largest absolute Gasteiger partial charge is 0.326 e. The Morgan fingerprint density at radius 1 is 1.24 bits per heavy atom. The van der Waals surface area contributed by atoms with Crippen LogP contribution < -0.4 is 5.73 Å². The predicted molar refractivity (Wildman–Crippen MR) is 91.4 cm³/mol. The van der Waals surface area contributed by atoms with Gasteiger partial charge in [0, 0.05) is 12.1 Å². The lowest BCUT2D eigenvalue weighted by atomic mass is 9.85. The van der Waals surface area contributed by atoms with Crippen LogP contribution in [0.15, 0.2) is 24.3 Å². The molecule has 0 aliphatic carbocycles. The van der Waals surface area contributed by atoms with Crippen LogP contribution in [-0.4, -0.2) is 24.0 Å². The quantitative estimate of drug-likeness (QED) is 0.895. The van der Waals surface area contributed by atoms with Crippen molar-refractivity contribution in [2.45, 2.75) is 65.5 Å². The van der Waals surface area contributed by atoms with Crippen LogP contribution in [-0.2, 0) is 0 Å². The van der Waals surface area contributed by atoms with Gasteiger partial charge in [0.25, 0.3) is 0 Å². The molecule has 1 aliphatic heterocycles. The van der Waals surface area contributed by atoms with Crippen molar-refractivity contribution < 1.29 is 0 Å². The molecule has 1 saturated heterocycles. The van der Waals surface area contributed by atoms with Gasteiger partial charge in [0.05, 0.1) is 0 Å². The molecule has 1 fully saturated rings. The number of aryl methyl sites for hydroxylation is 1. The van der Waals surface area contributed by atoms with Gasteiger partial charge < -0.3 is 5.73 Å². The van der Waals surface area contributed by atoms with Gasteiger partial charge in [-0.15, -0.1) is 0 Å². The molecule has 2 nitrogen and oxygen atoms in total. The summed E-state index contributed by atoms with van der Waals surface area (Å²) in [5.41, 5.74) is 9.70. The van der Waals surface area contributed by atoms with E-state index in [9.17, 15) is 0 Å². The van der Waals surface area contributed by atoms with Crippen molar-refractivity contribution in [1.29, 1.82) is 0 Å². The van der Waals surface area contributed by atoms with Gasteiger partial charge in [-0.25, -0.2) is 0 Å². The molecule has 2 N–H and O–H groups in total. The molecular formula is C19H32N2. The summed E-state index contributed by atoms with van der Waals surface area (Å²) in [6.07, 6.45) is 4.90. The summed E-state index contributed by atoms with van der Waals surface area (Å²) in [6.45, 7) is 11.5. The van der Waals surface area contributed by atoms with E-state index in [0.717, 1.165) is 6.42 Å². The molecule has 1 heterocycles. The van der Waals surface area contributed by atoms with Crippen molar-refractivity contribution >= 4 is 0 Å². The van der Waals surface area contributed by atoms with Crippen molar-refractivity contribution in [1.82, 2.24) is 4.90 Å². The molecule has 1 aromatic carbocycles. The van der Waals surface area contributed by atoms with Gasteiger partial charge in [-0.3, -0.25) is 4.90 Å². The normalized spacial score (nSPS) is 22.5. The summed E-state index contributed by atoms with van der Waals surface area (Å²) >= 11 is 0. The Kier molecular flexibility index (Phi) is 5.45. The number of nitrogens with zero attached hydrogens (tertiary/aromatic N) is 1. The topological polar surface area (TPSA) is 29.3 Å². The van der Waals surface area contributed by atoms with Crippen LogP contribution in [0.2, 0.25) is 0 Å². The highest BCUT2D eigenvalue weighted by Gasteiger charge is 2.30. The Labute approximate surface area is 130 Å². The minimum absolute atomic E-state index is 0.216. The van der Waals surface area contributed by atoms with Crippen LogP contribution in [0.5, 0.6) is 0 Å². The average Bonchev–Trinajstić information content (AvgIpc) is 2.60. The van der Waals surface area contributed by atoms with Gasteiger partial charge in [-0.2, -0.15) is 0 Å². The third kappa shape index (κ3) is 4.31. The number of likely N-dealkylation sites (tertiary alicyclic amines) is 1. The van der Waals surface area contributed by atoms with E-state index in [1.807, 2.05) is 0 Å². The van der Waals surface area contributed by atoms with Gasteiger partial charge in [-0.05, 0) is 56.7 Å². The zero-order chi connectivity index (χ0) is 15.5. The number of benzene rings is 1. The minimum atomic E-state index is 0.216. The van der Waals surface area contributed by atoms with E-state index in [1.165, 1.54) is 43.5 Å². The molecular weight excluding hydrogens is 256 g/mol. The van der Waals surface area contributed by atoms with Crippen molar-refractivity contribution in [3.63, 3.8) is 0 Å². The summed E-state index contributed by atoms with van der Waals surface area (Å²) in [5, 5.41) is 0. The Balaban J connectivity index is 2.24. The fraction of sp³-hybridized carbons (Fsp3) is 0.684. The van der Waals surface area contributed by atoms with E-state index in [0.29, 0.717) is 11.5 Å². The lowest BCUT2D eigenvalue weighted by Crippen LogP contribution is -2.41. The fourth-order valence-electron chi connectivity index (χ4n) is 3.53. The SMILES string of the molecule is CCC(N)C(c1cccc(C)c1)N1CCCC(C)(C)CC1. The summed E-state index contributed by atoms with van der Waals surface area (Å²) in [5.74, 6) is 0. The van der Waals surface area contributed by atoms with Crippen LogP contribution in [0.25, 0.3) is 0 Å². The molecule has 0 bridgehead atoms. The Bertz CT molecular complexity index is 453. The molecule has 1 aliphatic rings. The monoisotopic (exact) mass is 288 g/mol. The Morgan fingerprint density at radius 3 is 2.67 bits per heavy atom. The highest BCUT2D eigenvalue weighted by atomic mass is 15.2. The van der Waals surface area contributed by atoms with Gasteiger partial charge in [0.2, 0.25) is 0 Å². The molecule has 2 unspecified atom stereocenters. The van der Waals surface area contributed by atoms with Crippen LogP contribution in [0.1, 0.15) is 63.6 Å². The Hall–Kier alpha value is -0.860. The van der Waals surface area contributed by atoms with Crippen LogP contribution in [0.4, 0.5) is 0 Å². The highest BCUT2D eigenvalue weighted by molar-refractivity contribution is 5.26. The molecule has 0 aromatic heterocycles. The molecule has 118 valence electrons. The second-order valence-electron chi connectivity index (χ2n) is 7.48. The molecule has 2 rings (SSSR count). The molecule has 2 atom stereocenters. The molecule has 0 spiro atoms. The molecule has 21 heavy (non-hydrogen) atoms. The van der Waals surface area contributed by atoms with Crippen molar-refractivity contribution in [3.8, 4) is 0 Å². The second-order valence-corrected chi connectivity index (χ2v) is 7.48. The van der Waals surface area contributed by atoms with Crippen LogP contribution in [0.3, 0.4) is 0 Å². The maximum atomic E-state index is 6.51. The number of hydrogen-bond donors (Lipinski definition) is 1. The molecule has 1 aromatic rings. The maximum Gasteiger partial charge on any atom is 0.0499 e. The molecule has 0 saturated carbocycles. The summed E-state index contributed by atoms with van der Waals surface area (Å²) in [4.78, 5) is 2.64. The minimum Gasteiger partial charge on any atom is -0.326 e. The molecule has 0 amide bonds. The van der Waals surface area contributed by atoms with Gasteiger partial charge in [-0.1, -0.05) is 50.6 Å². The summed E-state index contributed by atoms with van der Waals surface area (Å²) in [7, 11) is 0. The molecule has 0 radical (unpaired) electrons. The average molecular weight is 288 g/mol. The lowest BCUT2D eigenvalue weighted by Gasteiger charge is -2.35. The predicted octanol–water partition coefficient (Wildman–Crippen LogP) is 4.29. The van der Waals surface area contributed by atoms with Gasteiger partial charge in [0.1, 0.15) is 0 Å². The summed E-state index contributed by atoms with van der Waals surface area (Å²) in [6, 6.07) is 9.49. The number of hydrogen-bond acceptors (Lipinski definition) is 2. The first-order valence-corrected chi connectivity index (χ1v) is 8.49. The lowest BCUT2D eigenvalue weighted by molar-refractivity contribution is 0.168. The van der Waals surface area contributed by atoms with Crippen LogP contribution in [0, 0.1) is 12.3 Å². The first-order chi connectivity index (χ1) is 9.93. The first-order valence-electron chi connectivity index (χ1n) is 8.49. The first kappa shape index (κ1) is 16.5. The third-order valence-corrected chi connectivity index (χ3v) is 5.03. The van der Waals surface area contributed by atoms with Crippen molar-refractivity contribution in [2.75, 3.05) is 13.1 Å². The zero-order valence-corrected chi connectivity index (χ0v) is 14.2. The van der Waals surface area contributed by atoms with E-state index >= 15 is 0 Å². The smallest absolute Gasteiger partial charge is 0.0499 e. The van der Waals surface area contributed by atoms with Crippen molar-refractivity contribution in [2.24, 2.45) is 11.1 Å². The Morgan fingerprint density at radius 2 is 2.00 bits per heavy atom. The van der Waals surface area contributed by atoms with Gasteiger partial charge in [0.15, 0.2) is 0 Å². The summed E-state index contributed by atoms with van der Waals surface area (Å²) < 4.78 is 0. The van der Waals surface area contributed by atoms with Crippen LogP contribution >= 0.6 is 0 Å². The molecule has 2 heteroatoms. The third-order valence-electron chi connectivity index (χ3n) is 5.03. The highest BCUT2D eigenvalue weighted by Crippen LogP contribution is 2.34. The zero-order valence-electron chi connectivity index (χ0n) is 14.2. The van der Waals surface area contributed by atoms with E-state index in [1.54, 1.807) is 0 Å². The standard InChI is InChI=1S/C19H32N2/c1-5-17(20)18(16-9-6-8-15(2)14-16)21-12-7-10-19(3,4)11-13-21/h6,8-9,14,17-18H,5,7,10-13,20H2,1-4H3. The van der Waals surface area contributed by atoms with E-state index in [2.05, 4.69) is 56.9 Å².